The summed E-state index contributed by atoms with van der Waals surface area (Å²) in [6.45, 7) is 0. The highest BCUT2D eigenvalue weighted by Gasteiger charge is 2.07. The fraction of sp³-hybridized carbons (Fsp3) is 0. The molecule has 1 aliphatic rings. The Morgan fingerprint density at radius 3 is 2.31 bits per heavy atom. The lowest BCUT2D eigenvalue weighted by atomic mass is 10.1. The van der Waals surface area contributed by atoms with Crippen LogP contribution < -0.4 is 5.32 Å². The smallest absolute Gasteiger partial charge is 0.269 e. The van der Waals surface area contributed by atoms with E-state index >= 15 is 0 Å². The molecule has 64 valence electrons. The molecule has 0 aromatic heterocycles. The second-order valence-electron chi connectivity index (χ2n) is 2.61. The Labute approximate surface area is 74.3 Å². The highest BCUT2D eigenvalue weighted by Crippen LogP contribution is 2.18. The fourth-order valence-electron chi connectivity index (χ4n) is 1.06. The second kappa shape index (κ2) is 2.77. The summed E-state index contributed by atoms with van der Waals surface area (Å²) >= 11 is 0. The van der Waals surface area contributed by atoms with Crippen LogP contribution in [0.2, 0.25) is 0 Å². The van der Waals surface area contributed by atoms with Gasteiger partial charge in [0, 0.05) is 23.9 Å². The quantitative estimate of drug-likeness (QED) is 0.421. The monoisotopic (exact) mass is 174 g/mol. The molecular formula is C9H6N2O2. The maximum absolute atomic E-state index is 10.3. The lowest BCUT2D eigenvalue weighted by Gasteiger charge is -2.08. The Kier molecular flexibility index (Phi) is 1.61. The summed E-state index contributed by atoms with van der Waals surface area (Å²) in [6, 6.07) is 6.34. The molecule has 1 heterocycles. The van der Waals surface area contributed by atoms with Crippen LogP contribution in [0.1, 0.15) is 5.56 Å². The van der Waals surface area contributed by atoms with Crippen LogP contribution in [-0.2, 0) is 0 Å². The molecule has 0 radical (unpaired) electrons. The van der Waals surface area contributed by atoms with Crippen LogP contribution in [0.5, 0.6) is 0 Å². The second-order valence-corrected chi connectivity index (χ2v) is 2.61. The predicted molar refractivity (Wildman–Crippen MR) is 47.7 cm³/mol. The number of nitro benzene ring substituents is 1. The van der Waals surface area contributed by atoms with E-state index in [4.69, 9.17) is 0 Å². The molecule has 1 aliphatic heterocycles. The molecule has 1 aromatic carbocycles. The highest BCUT2D eigenvalue weighted by molar-refractivity contribution is 5.68. The number of hydrogen-bond acceptors (Lipinski definition) is 3. The fourth-order valence-corrected chi connectivity index (χ4v) is 1.06. The van der Waals surface area contributed by atoms with Crippen molar-refractivity contribution in [3.63, 3.8) is 0 Å². The third-order valence-corrected chi connectivity index (χ3v) is 1.80. The van der Waals surface area contributed by atoms with Gasteiger partial charge in [0.25, 0.3) is 5.69 Å². The van der Waals surface area contributed by atoms with Gasteiger partial charge in [-0.25, -0.2) is 0 Å². The van der Waals surface area contributed by atoms with Crippen molar-refractivity contribution in [3.8, 4) is 0 Å². The number of rotatable bonds is 2. The molecule has 0 bridgehead atoms. The number of nitrogens with zero attached hydrogens (tertiary/aromatic N) is 1. The molecule has 4 heteroatoms. The van der Waals surface area contributed by atoms with Gasteiger partial charge in [0.05, 0.1) is 10.6 Å². The Morgan fingerprint density at radius 1 is 1.31 bits per heavy atom. The molecule has 0 spiro atoms. The van der Waals surface area contributed by atoms with E-state index in [1.165, 1.54) is 12.1 Å². The van der Waals surface area contributed by atoms with E-state index in [9.17, 15) is 10.1 Å². The Morgan fingerprint density at radius 2 is 1.92 bits per heavy atom. The lowest BCUT2D eigenvalue weighted by molar-refractivity contribution is -0.384. The molecule has 0 atom stereocenters. The first-order valence-corrected chi connectivity index (χ1v) is 3.74. The number of benzene rings is 1. The van der Waals surface area contributed by atoms with Crippen LogP contribution in [0, 0.1) is 10.1 Å². The molecule has 0 fully saturated rings. The molecule has 0 amide bonds. The van der Waals surface area contributed by atoms with Gasteiger partial charge in [0.1, 0.15) is 0 Å². The first kappa shape index (κ1) is 7.58. The molecule has 0 unspecified atom stereocenters. The van der Waals surface area contributed by atoms with Gasteiger partial charge in [-0.05, 0) is 12.1 Å². The van der Waals surface area contributed by atoms with Gasteiger partial charge in [-0.1, -0.05) is 5.73 Å². The Bertz CT molecular complexity index is 414. The van der Waals surface area contributed by atoms with E-state index in [2.05, 4.69) is 11.0 Å². The number of nitrogens with one attached hydrogen (secondary N) is 1. The first-order valence-electron chi connectivity index (χ1n) is 3.74. The van der Waals surface area contributed by atoms with E-state index in [1.54, 1.807) is 18.3 Å². The van der Waals surface area contributed by atoms with E-state index in [1.807, 2.05) is 0 Å². The van der Waals surface area contributed by atoms with Crippen LogP contribution in [-0.4, -0.2) is 4.92 Å². The van der Waals surface area contributed by atoms with Gasteiger partial charge in [0.15, 0.2) is 0 Å². The molecule has 0 saturated heterocycles. The van der Waals surface area contributed by atoms with Gasteiger partial charge >= 0.3 is 0 Å². The van der Waals surface area contributed by atoms with Crippen molar-refractivity contribution < 1.29 is 4.92 Å². The van der Waals surface area contributed by atoms with Gasteiger partial charge in [-0.15, -0.1) is 0 Å². The zero-order valence-corrected chi connectivity index (χ0v) is 6.65. The zero-order chi connectivity index (χ0) is 9.26. The molecule has 2 rings (SSSR count). The van der Waals surface area contributed by atoms with Crippen LogP contribution in [0.15, 0.2) is 36.2 Å². The van der Waals surface area contributed by atoms with E-state index < -0.39 is 4.92 Å². The SMILES string of the molecule is O=[N+]([O-])c1ccc(C2=C=CN2)cc1. The van der Waals surface area contributed by atoms with Crippen molar-refractivity contribution >= 4 is 11.4 Å². The predicted octanol–water partition coefficient (Wildman–Crippen LogP) is 1.65. The number of nitro groups is 1. The summed E-state index contributed by atoms with van der Waals surface area (Å²) in [5.41, 5.74) is 4.81. The van der Waals surface area contributed by atoms with E-state index in [0.29, 0.717) is 0 Å². The molecule has 4 nitrogen and oxygen atoms in total. The first-order chi connectivity index (χ1) is 6.27. The van der Waals surface area contributed by atoms with Gasteiger partial charge in [-0.3, -0.25) is 10.1 Å². The van der Waals surface area contributed by atoms with Gasteiger partial charge in [-0.2, -0.15) is 0 Å². The summed E-state index contributed by atoms with van der Waals surface area (Å²) < 4.78 is 0. The van der Waals surface area contributed by atoms with Crippen LogP contribution in [0.3, 0.4) is 0 Å². The third-order valence-electron chi connectivity index (χ3n) is 1.80. The van der Waals surface area contributed by atoms with E-state index in [-0.39, 0.29) is 5.69 Å². The van der Waals surface area contributed by atoms with Crippen molar-refractivity contribution in [2.75, 3.05) is 0 Å². The molecule has 13 heavy (non-hydrogen) atoms. The third kappa shape index (κ3) is 1.30. The normalized spacial score (nSPS) is 12.8. The van der Waals surface area contributed by atoms with Crippen molar-refractivity contribution in [3.05, 3.63) is 51.9 Å². The van der Waals surface area contributed by atoms with Crippen molar-refractivity contribution in [2.45, 2.75) is 0 Å². The molecule has 1 aromatic rings. The molecule has 1 N–H and O–H groups in total. The molecule has 0 aliphatic carbocycles. The minimum absolute atomic E-state index is 0.104. The minimum atomic E-state index is -0.414. The molecular weight excluding hydrogens is 168 g/mol. The average Bonchev–Trinajstić information content (AvgIpc) is 2.02. The summed E-state index contributed by atoms with van der Waals surface area (Å²) in [4.78, 5) is 9.91. The van der Waals surface area contributed by atoms with Crippen molar-refractivity contribution in [1.29, 1.82) is 0 Å². The van der Waals surface area contributed by atoms with Crippen LogP contribution in [0.25, 0.3) is 5.70 Å². The van der Waals surface area contributed by atoms with Crippen molar-refractivity contribution in [2.24, 2.45) is 0 Å². The largest absolute Gasteiger partial charge is 0.348 e. The standard InChI is InChI=1S/C9H6N2O2/c12-11(13)8-3-1-7(2-4-8)9-5-6-10-9/h1-4,6,10H. The number of hydrogen-bond donors (Lipinski definition) is 1. The lowest BCUT2D eigenvalue weighted by Crippen LogP contribution is -2.08. The number of non-ortho nitro benzene ring substituents is 1. The van der Waals surface area contributed by atoms with Crippen LogP contribution >= 0.6 is 0 Å². The summed E-state index contributed by atoms with van der Waals surface area (Å²) in [6.07, 6.45) is 1.69. The highest BCUT2D eigenvalue weighted by atomic mass is 16.6. The maximum atomic E-state index is 10.3. The van der Waals surface area contributed by atoms with Crippen molar-refractivity contribution in [1.82, 2.24) is 5.32 Å². The van der Waals surface area contributed by atoms with E-state index in [0.717, 1.165) is 11.3 Å². The minimum Gasteiger partial charge on any atom is -0.348 e. The molecule has 0 saturated carbocycles. The Balaban J connectivity index is 2.33. The summed E-state index contributed by atoms with van der Waals surface area (Å²) in [7, 11) is 0. The average molecular weight is 174 g/mol. The topological polar surface area (TPSA) is 55.2 Å². The Hall–Kier alpha value is -2.06. The maximum Gasteiger partial charge on any atom is 0.269 e. The van der Waals surface area contributed by atoms with Gasteiger partial charge in [0.2, 0.25) is 0 Å². The van der Waals surface area contributed by atoms with Crippen LogP contribution in [0.4, 0.5) is 5.69 Å². The summed E-state index contributed by atoms with van der Waals surface area (Å²) in [5, 5.41) is 13.2. The zero-order valence-electron chi connectivity index (χ0n) is 6.65. The van der Waals surface area contributed by atoms with Gasteiger partial charge < -0.3 is 5.32 Å². The summed E-state index contributed by atoms with van der Waals surface area (Å²) in [5.74, 6) is 0.